The van der Waals surface area contributed by atoms with Gasteiger partial charge in [0, 0.05) is 26.1 Å². The number of rotatable bonds is 5. The van der Waals surface area contributed by atoms with E-state index >= 15 is 0 Å². The smallest absolute Gasteiger partial charge is 0.226 e. The molecule has 2 aromatic rings. The van der Waals surface area contributed by atoms with Gasteiger partial charge < -0.3 is 10.2 Å². The van der Waals surface area contributed by atoms with Crippen molar-refractivity contribution in [2.24, 2.45) is 11.3 Å². The summed E-state index contributed by atoms with van der Waals surface area (Å²) in [7, 11) is 1.73. The molecule has 0 radical (unpaired) electrons. The van der Waals surface area contributed by atoms with E-state index in [9.17, 15) is 9.59 Å². The predicted octanol–water partition coefficient (Wildman–Crippen LogP) is 5.14. The first kappa shape index (κ1) is 22.6. The lowest BCUT2D eigenvalue weighted by atomic mass is 9.72. The van der Waals surface area contributed by atoms with Crippen molar-refractivity contribution in [2.45, 2.75) is 58.3 Å². The molecule has 4 nitrogen and oxygen atoms in total. The number of benzene rings is 2. The Hall–Kier alpha value is -2.62. The first-order valence-electron chi connectivity index (χ1n) is 12.2. The third kappa shape index (κ3) is 4.90. The third-order valence-corrected chi connectivity index (χ3v) is 7.54. The molecule has 2 aromatic carbocycles. The second kappa shape index (κ2) is 9.89. The van der Waals surface area contributed by atoms with E-state index in [4.69, 9.17) is 0 Å². The highest BCUT2D eigenvalue weighted by Crippen LogP contribution is 2.37. The number of nitrogens with zero attached hydrogens (tertiary/aromatic N) is 1. The summed E-state index contributed by atoms with van der Waals surface area (Å²) < 4.78 is 0. The minimum Gasteiger partial charge on any atom is -0.359 e. The van der Waals surface area contributed by atoms with Gasteiger partial charge in [-0.3, -0.25) is 9.59 Å². The second-order valence-corrected chi connectivity index (χ2v) is 9.76. The lowest BCUT2D eigenvalue weighted by molar-refractivity contribution is -0.143. The Labute approximate surface area is 192 Å². The molecule has 32 heavy (non-hydrogen) atoms. The maximum atomic E-state index is 13.0. The molecule has 4 heteroatoms. The second-order valence-electron chi connectivity index (χ2n) is 9.76. The van der Waals surface area contributed by atoms with Crippen LogP contribution in [0.4, 0.5) is 0 Å². The van der Waals surface area contributed by atoms with Gasteiger partial charge in [0.2, 0.25) is 11.8 Å². The molecule has 1 heterocycles. The van der Waals surface area contributed by atoms with E-state index in [-0.39, 0.29) is 11.8 Å². The Kier molecular flexibility index (Phi) is 6.98. The zero-order valence-electron chi connectivity index (χ0n) is 19.5. The number of carbonyl (C=O) groups excluding carboxylic acids is 2. The number of likely N-dealkylation sites (tertiary alicyclic amines) is 1. The van der Waals surface area contributed by atoms with Gasteiger partial charge in [-0.1, -0.05) is 73.4 Å². The van der Waals surface area contributed by atoms with Crippen molar-refractivity contribution in [2.75, 3.05) is 20.1 Å². The Morgan fingerprint density at radius 3 is 2.28 bits per heavy atom. The zero-order chi connectivity index (χ0) is 22.6. The molecule has 0 aromatic heterocycles. The van der Waals surface area contributed by atoms with Crippen molar-refractivity contribution in [3.8, 4) is 11.1 Å². The van der Waals surface area contributed by atoms with Crippen molar-refractivity contribution in [3.05, 3.63) is 59.7 Å². The van der Waals surface area contributed by atoms with Gasteiger partial charge in [0.05, 0.1) is 5.41 Å². The van der Waals surface area contributed by atoms with Gasteiger partial charge in [-0.05, 0) is 55.7 Å². The van der Waals surface area contributed by atoms with Crippen LogP contribution in [0.25, 0.3) is 11.1 Å². The van der Waals surface area contributed by atoms with E-state index in [1.54, 1.807) is 7.05 Å². The SMILES string of the molecule is CNC(=O)C1(Cc2ccc(-c3cccc(C)c3)cc2)CCN(C(=O)C2CCCCC2)CC1. The highest BCUT2D eigenvalue weighted by molar-refractivity contribution is 5.84. The predicted molar refractivity (Wildman–Crippen MR) is 129 cm³/mol. The average molecular weight is 433 g/mol. The summed E-state index contributed by atoms with van der Waals surface area (Å²) in [5, 5.41) is 2.90. The minimum absolute atomic E-state index is 0.102. The molecule has 1 aliphatic heterocycles. The molecular formula is C28H36N2O2. The maximum absolute atomic E-state index is 13.0. The molecule has 2 amide bonds. The van der Waals surface area contributed by atoms with E-state index in [1.807, 2.05) is 4.90 Å². The van der Waals surface area contributed by atoms with Crippen LogP contribution in [0, 0.1) is 18.3 Å². The van der Waals surface area contributed by atoms with Crippen LogP contribution in [0.5, 0.6) is 0 Å². The molecule has 2 aliphatic rings. The maximum Gasteiger partial charge on any atom is 0.226 e. The number of amides is 2. The highest BCUT2D eigenvalue weighted by atomic mass is 16.2. The Morgan fingerprint density at radius 2 is 1.66 bits per heavy atom. The molecule has 0 spiro atoms. The van der Waals surface area contributed by atoms with E-state index in [0.29, 0.717) is 25.4 Å². The number of piperidine rings is 1. The largest absolute Gasteiger partial charge is 0.359 e. The van der Waals surface area contributed by atoms with Gasteiger partial charge in [0.15, 0.2) is 0 Å². The topological polar surface area (TPSA) is 49.4 Å². The summed E-state index contributed by atoms with van der Waals surface area (Å²) in [5.41, 5.74) is 4.39. The molecule has 4 rings (SSSR count). The van der Waals surface area contributed by atoms with Gasteiger partial charge in [-0.25, -0.2) is 0 Å². The fraction of sp³-hybridized carbons (Fsp3) is 0.500. The molecule has 0 unspecified atom stereocenters. The Morgan fingerprint density at radius 1 is 0.969 bits per heavy atom. The van der Waals surface area contributed by atoms with Crippen LogP contribution >= 0.6 is 0 Å². The lowest BCUT2D eigenvalue weighted by Gasteiger charge is -2.42. The fourth-order valence-electron chi connectivity index (χ4n) is 5.54. The van der Waals surface area contributed by atoms with Crippen molar-refractivity contribution in [1.82, 2.24) is 10.2 Å². The molecule has 170 valence electrons. The quantitative estimate of drug-likeness (QED) is 0.711. The van der Waals surface area contributed by atoms with E-state index < -0.39 is 5.41 Å². The average Bonchev–Trinajstić information content (AvgIpc) is 2.84. The van der Waals surface area contributed by atoms with Crippen LogP contribution in [0.15, 0.2) is 48.5 Å². The Bertz CT molecular complexity index is 936. The number of carbonyl (C=O) groups is 2. The van der Waals surface area contributed by atoms with Crippen LogP contribution in [0.3, 0.4) is 0 Å². The summed E-state index contributed by atoms with van der Waals surface area (Å²) in [6, 6.07) is 17.1. The molecule has 0 bridgehead atoms. The minimum atomic E-state index is -0.442. The highest BCUT2D eigenvalue weighted by Gasteiger charge is 2.42. The molecule has 1 N–H and O–H groups in total. The van der Waals surface area contributed by atoms with Crippen LogP contribution in [0.1, 0.15) is 56.1 Å². The first-order valence-corrected chi connectivity index (χ1v) is 12.2. The summed E-state index contributed by atoms with van der Waals surface area (Å²) >= 11 is 0. The summed E-state index contributed by atoms with van der Waals surface area (Å²) in [5.74, 6) is 0.619. The number of nitrogens with one attached hydrogen (secondary N) is 1. The number of aryl methyl sites for hydroxylation is 1. The standard InChI is InChI=1S/C28H36N2O2/c1-21-7-6-10-25(19-21)23-13-11-22(12-14-23)20-28(27(32)29-2)15-17-30(18-16-28)26(31)24-8-4-3-5-9-24/h6-7,10-14,19,24H,3-5,8-9,15-18,20H2,1-2H3,(H,29,32). The van der Waals surface area contributed by atoms with E-state index in [1.165, 1.54) is 41.5 Å². The normalized spacial score (nSPS) is 18.9. The van der Waals surface area contributed by atoms with Crippen LogP contribution < -0.4 is 5.32 Å². The van der Waals surface area contributed by atoms with Gasteiger partial charge in [0.25, 0.3) is 0 Å². The molecule has 2 fully saturated rings. The van der Waals surface area contributed by atoms with Crippen molar-refractivity contribution < 1.29 is 9.59 Å². The monoisotopic (exact) mass is 432 g/mol. The van der Waals surface area contributed by atoms with Crippen LogP contribution in [-0.4, -0.2) is 36.9 Å². The summed E-state index contributed by atoms with van der Waals surface area (Å²) in [4.78, 5) is 28.0. The molecule has 1 aliphatic carbocycles. The van der Waals surface area contributed by atoms with E-state index in [0.717, 1.165) is 25.7 Å². The third-order valence-electron chi connectivity index (χ3n) is 7.54. The number of hydrogen-bond acceptors (Lipinski definition) is 2. The van der Waals surface area contributed by atoms with Gasteiger partial charge in [-0.15, -0.1) is 0 Å². The van der Waals surface area contributed by atoms with Gasteiger partial charge in [-0.2, -0.15) is 0 Å². The van der Waals surface area contributed by atoms with Crippen LogP contribution in [0.2, 0.25) is 0 Å². The molecule has 1 saturated carbocycles. The molecular weight excluding hydrogens is 396 g/mol. The van der Waals surface area contributed by atoms with E-state index in [2.05, 4.69) is 60.8 Å². The van der Waals surface area contributed by atoms with Gasteiger partial charge in [0.1, 0.15) is 0 Å². The zero-order valence-corrected chi connectivity index (χ0v) is 19.5. The number of hydrogen-bond donors (Lipinski definition) is 1. The fourth-order valence-corrected chi connectivity index (χ4v) is 5.54. The van der Waals surface area contributed by atoms with Crippen molar-refractivity contribution >= 4 is 11.8 Å². The van der Waals surface area contributed by atoms with Crippen molar-refractivity contribution in [3.63, 3.8) is 0 Å². The lowest BCUT2D eigenvalue weighted by Crippen LogP contribution is -2.51. The van der Waals surface area contributed by atoms with Crippen LogP contribution in [-0.2, 0) is 16.0 Å². The Balaban J connectivity index is 1.45. The first-order chi connectivity index (χ1) is 15.5. The summed E-state index contributed by atoms with van der Waals surface area (Å²) in [6.07, 6.45) is 7.83. The molecule has 1 saturated heterocycles. The summed E-state index contributed by atoms with van der Waals surface area (Å²) in [6.45, 7) is 3.48. The van der Waals surface area contributed by atoms with Crippen molar-refractivity contribution in [1.29, 1.82) is 0 Å². The molecule has 0 atom stereocenters. The van der Waals surface area contributed by atoms with Gasteiger partial charge >= 0.3 is 0 Å².